The van der Waals surface area contributed by atoms with Crippen LogP contribution in [0.4, 0.5) is 4.39 Å². The van der Waals surface area contributed by atoms with Gasteiger partial charge < -0.3 is 0 Å². The summed E-state index contributed by atoms with van der Waals surface area (Å²) in [5, 5.41) is 0. The van der Waals surface area contributed by atoms with Gasteiger partial charge in [-0.2, -0.15) is 0 Å². The van der Waals surface area contributed by atoms with Gasteiger partial charge in [-0.1, -0.05) is 6.08 Å². The maximum atomic E-state index is 12.9. The van der Waals surface area contributed by atoms with Gasteiger partial charge in [-0.3, -0.25) is 4.79 Å². The summed E-state index contributed by atoms with van der Waals surface area (Å²) >= 11 is 2.01. The van der Waals surface area contributed by atoms with Crippen LogP contribution < -0.4 is 0 Å². The van der Waals surface area contributed by atoms with Gasteiger partial charge in [0.2, 0.25) is 0 Å². The quantitative estimate of drug-likeness (QED) is 0.589. The molecule has 1 aliphatic carbocycles. The van der Waals surface area contributed by atoms with Crippen molar-refractivity contribution >= 4 is 28.4 Å². The Morgan fingerprint density at radius 2 is 2.12 bits per heavy atom. The molecule has 0 N–H and O–H groups in total. The van der Waals surface area contributed by atoms with Crippen LogP contribution in [0.25, 0.3) is 0 Å². The number of rotatable bonds is 2. The Balaban J connectivity index is 2.30. The molecule has 0 amide bonds. The second kappa shape index (κ2) is 5.08. The van der Waals surface area contributed by atoms with Crippen LogP contribution in [-0.2, 0) is 0 Å². The highest BCUT2D eigenvalue weighted by Gasteiger charge is 2.16. The minimum Gasteiger partial charge on any atom is -0.289 e. The van der Waals surface area contributed by atoms with Crippen LogP contribution in [0.1, 0.15) is 36.0 Å². The molecule has 84 valence electrons. The number of hydrogen-bond donors (Lipinski definition) is 0. The number of carbonyl (C=O) groups is 1. The van der Waals surface area contributed by atoms with Gasteiger partial charge in [0.15, 0.2) is 5.78 Å². The molecule has 0 heterocycles. The number of benzene rings is 1. The predicted molar refractivity (Wildman–Crippen MR) is 70.0 cm³/mol. The first kappa shape index (κ1) is 11.8. The van der Waals surface area contributed by atoms with Crippen LogP contribution in [0.3, 0.4) is 0 Å². The lowest BCUT2D eigenvalue weighted by Gasteiger charge is -2.12. The SMILES string of the molecule is O=C(C1=CCCCC1)c1ccc(F)cc1I. The zero-order valence-electron chi connectivity index (χ0n) is 8.80. The van der Waals surface area contributed by atoms with Crippen LogP contribution in [0.5, 0.6) is 0 Å². The highest BCUT2D eigenvalue weighted by molar-refractivity contribution is 14.1. The fourth-order valence-corrected chi connectivity index (χ4v) is 2.61. The highest BCUT2D eigenvalue weighted by atomic mass is 127. The number of carbonyl (C=O) groups excluding carboxylic acids is 1. The van der Waals surface area contributed by atoms with Crippen molar-refractivity contribution in [3.63, 3.8) is 0 Å². The Kier molecular flexibility index (Phi) is 3.74. The largest absolute Gasteiger partial charge is 0.289 e. The molecule has 1 aliphatic rings. The van der Waals surface area contributed by atoms with E-state index in [0.29, 0.717) is 9.13 Å². The third kappa shape index (κ3) is 2.51. The van der Waals surface area contributed by atoms with E-state index in [9.17, 15) is 9.18 Å². The van der Waals surface area contributed by atoms with Gasteiger partial charge >= 0.3 is 0 Å². The normalized spacial score (nSPS) is 15.8. The smallest absolute Gasteiger partial charge is 0.189 e. The molecule has 1 aromatic carbocycles. The topological polar surface area (TPSA) is 17.1 Å². The summed E-state index contributed by atoms with van der Waals surface area (Å²) in [6.45, 7) is 0. The molecule has 16 heavy (non-hydrogen) atoms. The third-order valence-electron chi connectivity index (χ3n) is 2.76. The Hall–Kier alpha value is -0.710. The van der Waals surface area contributed by atoms with Gasteiger partial charge in [-0.05, 0) is 72.0 Å². The van der Waals surface area contributed by atoms with Gasteiger partial charge in [0, 0.05) is 9.13 Å². The van der Waals surface area contributed by atoms with E-state index in [-0.39, 0.29) is 11.6 Å². The van der Waals surface area contributed by atoms with Crippen molar-refractivity contribution in [2.45, 2.75) is 25.7 Å². The van der Waals surface area contributed by atoms with E-state index in [0.717, 1.165) is 31.3 Å². The first-order valence-corrected chi connectivity index (χ1v) is 6.45. The fraction of sp³-hybridized carbons (Fsp3) is 0.308. The van der Waals surface area contributed by atoms with E-state index in [1.165, 1.54) is 12.1 Å². The molecule has 0 fully saturated rings. The molecule has 0 unspecified atom stereocenters. The molecule has 0 radical (unpaired) electrons. The Morgan fingerprint density at radius 3 is 2.75 bits per heavy atom. The number of halogens is 2. The van der Waals surface area contributed by atoms with Crippen LogP contribution in [0.15, 0.2) is 29.8 Å². The molecule has 0 aromatic heterocycles. The van der Waals surface area contributed by atoms with Crippen molar-refractivity contribution in [1.29, 1.82) is 0 Å². The summed E-state index contributed by atoms with van der Waals surface area (Å²) < 4.78 is 13.6. The van der Waals surface area contributed by atoms with Crippen molar-refractivity contribution < 1.29 is 9.18 Å². The summed E-state index contributed by atoms with van der Waals surface area (Å²) in [5.41, 5.74) is 1.51. The van der Waals surface area contributed by atoms with E-state index in [1.807, 2.05) is 28.7 Å². The predicted octanol–water partition coefficient (Wildman–Crippen LogP) is 4.11. The van der Waals surface area contributed by atoms with Gasteiger partial charge in [0.25, 0.3) is 0 Å². The van der Waals surface area contributed by atoms with E-state index in [2.05, 4.69) is 0 Å². The Labute approximate surface area is 108 Å². The first-order chi connectivity index (χ1) is 7.68. The van der Waals surface area contributed by atoms with Crippen LogP contribution in [0, 0.1) is 9.39 Å². The summed E-state index contributed by atoms with van der Waals surface area (Å²) in [6, 6.07) is 4.32. The number of hydrogen-bond acceptors (Lipinski definition) is 1. The molecular weight excluding hydrogens is 318 g/mol. The van der Waals surface area contributed by atoms with Crippen molar-refractivity contribution in [3.05, 3.63) is 44.8 Å². The molecule has 1 aromatic rings. The summed E-state index contributed by atoms with van der Waals surface area (Å²) in [4.78, 5) is 12.1. The summed E-state index contributed by atoms with van der Waals surface area (Å²) in [7, 11) is 0. The molecule has 2 rings (SSSR count). The standard InChI is InChI=1S/C13H12FIO/c14-10-6-7-11(12(15)8-10)13(16)9-4-2-1-3-5-9/h4,6-8H,1-3,5H2. The van der Waals surface area contributed by atoms with E-state index in [4.69, 9.17) is 0 Å². The lowest BCUT2D eigenvalue weighted by atomic mass is 9.93. The molecule has 1 nitrogen and oxygen atoms in total. The van der Waals surface area contributed by atoms with Gasteiger partial charge in [0.1, 0.15) is 5.82 Å². The molecule has 0 spiro atoms. The van der Waals surface area contributed by atoms with Crippen molar-refractivity contribution in [2.24, 2.45) is 0 Å². The third-order valence-corrected chi connectivity index (χ3v) is 3.65. The lowest BCUT2D eigenvalue weighted by molar-refractivity contribution is 0.102. The average Bonchev–Trinajstić information content (AvgIpc) is 2.29. The maximum absolute atomic E-state index is 12.9. The van der Waals surface area contributed by atoms with Crippen molar-refractivity contribution in [1.82, 2.24) is 0 Å². The second-order valence-electron chi connectivity index (χ2n) is 3.93. The number of Topliss-reactive ketones (excluding diaryl/α,β-unsaturated/α-hetero) is 1. The monoisotopic (exact) mass is 330 g/mol. The Morgan fingerprint density at radius 1 is 1.31 bits per heavy atom. The zero-order valence-corrected chi connectivity index (χ0v) is 11.0. The maximum Gasteiger partial charge on any atom is 0.189 e. The first-order valence-electron chi connectivity index (χ1n) is 5.37. The fourth-order valence-electron chi connectivity index (χ4n) is 1.89. The van der Waals surface area contributed by atoms with Gasteiger partial charge in [0.05, 0.1) is 0 Å². The van der Waals surface area contributed by atoms with Crippen LogP contribution >= 0.6 is 22.6 Å². The second-order valence-corrected chi connectivity index (χ2v) is 5.09. The van der Waals surface area contributed by atoms with Crippen molar-refractivity contribution in [3.8, 4) is 0 Å². The number of ketones is 1. The number of allylic oxidation sites excluding steroid dienone is 2. The molecule has 0 atom stereocenters. The van der Waals surface area contributed by atoms with E-state index in [1.54, 1.807) is 6.07 Å². The lowest BCUT2D eigenvalue weighted by Crippen LogP contribution is -2.08. The minimum absolute atomic E-state index is 0.0594. The van der Waals surface area contributed by atoms with E-state index < -0.39 is 0 Å². The van der Waals surface area contributed by atoms with Crippen molar-refractivity contribution in [2.75, 3.05) is 0 Å². The van der Waals surface area contributed by atoms with E-state index >= 15 is 0 Å². The van der Waals surface area contributed by atoms with Crippen LogP contribution in [0.2, 0.25) is 0 Å². The average molecular weight is 330 g/mol. The summed E-state index contributed by atoms with van der Waals surface area (Å²) in [5.74, 6) is -0.234. The molecule has 0 saturated heterocycles. The van der Waals surface area contributed by atoms with Gasteiger partial charge in [-0.25, -0.2) is 4.39 Å². The molecule has 0 aliphatic heterocycles. The molecule has 3 heteroatoms. The van der Waals surface area contributed by atoms with Crippen LogP contribution in [-0.4, -0.2) is 5.78 Å². The summed E-state index contributed by atoms with van der Waals surface area (Å²) in [6.07, 6.45) is 6.10. The zero-order chi connectivity index (χ0) is 11.5. The molecule has 0 bridgehead atoms. The Bertz CT molecular complexity index is 451. The molecular formula is C13H12FIO. The highest BCUT2D eigenvalue weighted by Crippen LogP contribution is 2.24. The van der Waals surface area contributed by atoms with Gasteiger partial charge in [-0.15, -0.1) is 0 Å². The molecule has 0 saturated carbocycles. The minimum atomic E-state index is -0.293.